The quantitative estimate of drug-likeness (QED) is 0.534. The van der Waals surface area contributed by atoms with E-state index in [2.05, 4.69) is 10.3 Å². The van der Waals surface area contributed by atoms with Crippen LogP contribution in [0.2, 0.25) is 0 Å². The standard InChI is InChI=1S/C19H19N3O3S/c1-3-25-14-10-8-13(9-11-14)22-18(24)15-6-4-5-7-16(15)21-19(22)26-12-17(23)20-2/h4-11H,3,12H2,1-2H3,(H,20,23). The SMILES string of the molecule is CCOc1ccc(-n2c(SCC(=O)NC)nc3ccccc3c2=O)cc1. The third-order valence-electron chi connectivity index (χ3n) is 3.76. The van der Waals surface area contributed by atoms with Gasteiger partial charge < -0.3 is 10.1 Å². The fourth-order valence-corrected chi connectivity index (χ4v) is 3.38. The average molecular weight is 369 g/mol. The summed E-state index contributed by atoms with van der Waals surface area (Å²) in [5, 5.41) is 3.58. The molecular weight excluding hydrogens is 350 g/mol. The molecule has 0 bridgehead atoms. The summed E-state index contributed by atoms with van der Waals surface area (Å²) in [6.07, 6.45) is 0. The molecular formula is C19H19N3O3S. The van der Waals surface area contributed by atoms with Crippen LogP contribution >= 0.6 is 11.8 Å². The van der Waals surface area contributed by atoms with E-state index in [9.17, 15) is 9.59 Å². The fourth-order valence-electron chi connectivity index (χ4n) is 2.50. The Bertz CT molecular complexity index is 983. The maximum atomic E-state index is 13.1. The van der Waals surface area contributed by atoms with E-state index in [0.29, 0.717) is 28.4 Å². The lowest BCUT2D eigenvalue weighted by molar-refractivity contribution is -0.118. The molecule has 1 aromatic heterocycles. The maximum Gasteiger partial charge on any atom is 0.266 e. The van der Waals surface area contributed by atoms with E-state index in [1.165, 1.54) is 16.3 Å². The largest absolute Gasteiger partial charge is 0.494 e. The van der Waals surface area contributed by atoms with E-state index < -0.39 is 0 Å². The van der Waals surface area contributed by atoms with Crippen molar-refractivity contribution in [2.24, 2.45) is 0 Å². The number of ether oxygens (including phenoxy) is 1. The van der Waals surface area contributed by atoms with Crippen molar-refractivity contribution in [1.29, 1.82) is 0 Å². The molecule has 0 fully saturated rings. The molecule has 1 amide bonds. The lowest BCUT2D eigenvalue weighted by atomic mass is 10.2. The Labute approximate surface area is 155 Å². The number of carbonyl (C=O) groups is 1. The predicted molar refractivity (Wildman–Crippen MR) is 103 cm³/mol. The van der Waals surface area contributed by atoms with Gasteiger partial charge in [0.2, 0.25) is 5.91 Å². The number of benzene rings is 2. The molecule has 0 saturated heterocycles. The van der Waals surface area contributed by atoms with Crippen molar-refractivity contribution >= 4 is 28.6 Å². The number of fused-ring (bicyclic) bond motifs is 1. The number of rotatable bonds is 6. The van der Waals surface area contributed by atoms with E-state index in [1.807, 2.05) is 43.3 Å². The molecule has 3 rings (SSSR count). The van der Waals surface area contributed by atoms with Crippen LogP contribution in [0.25, 0.3) is 16.6 Å². The van der Waals surface area contributed by atoms with Gasteiger partial charge in [0, 0.05) is 7.05 Å². The monoisotopic (exact) mass is 369 g/mol. The number of amides is 1. The van der Waals surface area contributed by atoms with Gasteiger partial charge in [-0.15, -0.1) is 0 Å². The Morgan fingerprint density at radius 1 is 1.19 bits per heavy atom. The van der Waals surface area contributed by atoms with Gasteiger partial charge in [0.15, 0.2) is 5.16 Å². The zero-order valence-electron chi connectivity index (χ0n) is 14.6. The molecule has 26 heavy (non-hydrogen) atoms. The molecule has 0 aliphatic carbocycles. The molecule has 0 aliphatic rings. The van der Waals surface area contributed by atoms with E-state index >= 15 is 0 Å². The molecule has 6 nitrogen and oxygen atoms in total. The first-order valence-electron chi connectivity index (χ1n) is 8.22. The van der Waals surface area contributed by atoms with Crippen molar-refractivity contribution in [3.63, 3.8) is 0 Å². The van der Waals surface area contributed by atoms with Crippen LogP contribution in [-0.4, -0.2) is 34.9 Å². The Morgan fingerprint density at radius 3 is 2.62 bits per heavy atom. The summed E-state index contributed by atoms with van der Waals surface area (Å²) in [5.41, 5.74) is 1.12. The molecule has 0 aliphatic heterocycles. The molecule has 3 aromatic rings. The van der Waals surface area contributed by atoms with Crippen molar-refractivity contribution < 1.29 is 9.53 Å². The average Bonchev–Trinajstić information content (AvgIpc) is 2.67. The highest BCUT2D eigenvalue weighted by molar-refractivity contribution is 7.99. The fraction of sp³-hybridized carbons (Fsp3) is 0.211. The van der Waals surface area contributed by atoms with Gasteiger partial charge in [0.25, 0.3) is 5.56 Å². The smallest absolute Gasteiger partial charge is 0.266 e. The highest BCUT2D eigenvalue weighted by Crippen LogP contribution is 2.22. The summed E-state index contributed by atoms with van der Waals surface area (Å²) >= 11 is 1.23. The van der Waals surface area contributed by atoms with Crippen molar-refractivity contribution in [3.05, 3.63) is 58.9 Å². The van der Waals surface area contributed by atoms with Crippen LogP contribution in [0, 0.1) is 0 Å². The minimum atomic E-state index is -0.167. The van der Waals surface area contributed by atoms with Gasteiger partial charge >= 0.3 is 0 Å². The summed E-state index contributed by atoms with van der Waals surface area (Å²) in [5.74, 6) is 0.784. The lowest BCUT2D eigenvalue weighted by Crippen LogP contribution is -2.24. The topological polar surface area (TPSA) is 73.2 Å². The van der Waals surface area contributed by atoms with Crippen LogP contribution in [0.15, 0.2) is 58.5 Å². The third kappa shape index (κ3) is 3.72. The zero-order valence-corrected chi connectivity index (χ0v) is 15.4. The van der Waals surface area contributed by atoms with Gasteiger partial charge in [-0.05, 0) is 43.3 Å². The summed E-state index contributed by atoms with van der Waals surface area (Å²) in [7, 11) is 1.58. The summed E-state index contributed by atoms with van der Waals surface area (Å²) in [4.78, 5) is 29.3. The molecule has 1 heterocycles. The molecule has 0 saturated carbocycles. The second kappa shape index (κ2) is 8.05. The number of nitrogens with one attached hydrogen (secondary N) is 1. The molecule has 7 heteroatoms. The van der Waals surface area contributed by atoms with Crippen LogP contribution in [-0.2, 0) is 4.79 Å². The maximum absolute atomic E-state index is 13.1. The van der Waals surface area contributed by atoms with Gasteiger partial charge in [-0.3, -0.25) is 14.2 Å². The van der Waals surface area contributed by atoms with Crippen molar-refractivity contribution in [1.82, 2.24) is 14.9 Å². The van der Waals surface area contributed by atoms with Crippen LogP contribution < -0.4 is 15.6 Å². The van der Waals surface area contributed by atoms with E-state index in [0.717, 1.165) is 5.75 Å². The number of nitrogens with zero attached hydrogens (tertiary/aromatic N) is 2. The Balaban J connectivity index is 2.12. The molecule has 0 radical (unpaired) electrons. The summed E-state index contributed by atoms with van der Waals surface area (Å²) in [6, 6.07) is 14.4. The Hall–Kier alpha value is -2.80. The van der Waals surface area contributed by atoms with Gasteiger partial charge in [-0.25, -0.2) is 4.98 Å². The number of thioether (sulfide) groups is 1. The first kappa shape index (κ1) is 18.0. The predicted octanol–water partition coefficient (Wildman–Crippen LogP) is 2.62. The first-order valence-corrected chi connectivity index (χ1v) is 9.21. The summed E-state index contributed by atoms with van der Waals surface area (Å²) in [6.45, 7) is 2.49. The summed E-state index contributed by atoms with van der Waals surface area (Å²) < 4.78 is 6.99. The number of para-hydroxylation sites is 1. The van der Waals surface area contributed by atoms with Crippen molar-refractivity contribution in [2.45, 2.75) is 12.1 Å². The first-order chi connectivity index (χ1) is 12.6. The van der Waals surface area contributed by atoms with Gasteiger partial charge in [-0.2, -0.15) is 0 Å². The second-order valence-electron chi connectivity index (χ2n) is 5.44. The second-order valence-corrected chi connectivity index (χ2v) is 6.38. The molecule has 1 N–H and O–H groups in total. The highest BCUT2D eigenvalue weighted by Gasteiger charge is 2.14. The van der Waals surface area contributed by atoms with E-state index in [-0.39, 0.29) is 17.2 Å². The van der Waals surface area contributed by atoms with Gasteiger partial charge in [-0.1, -0.05) is 23.9 Å². The number of hydrogen-bond donors (Lipinski definition) is 1. The third-order valence-corrected chi connectivity index (χ3v) is 4.70. The zero-order chi connectivity index (χ0) is 18.5. The molecule has 134 valence electrons. The van der Waals surface area contributed by atoms with E-state index in [1.54, 1.807) is 19.2 Å². The minimum Gasteiger partial charge on any atom is -0.494 e. The molecule has 0 atom stereocenters. The van der Waals surface area contributed by atoms with E-state index in [4.69, 9.17) is 4.74 Å². The number of aromatic nitrogens is 2. The highest BCUT2D eigenvalue weighted by atomic mass is 32.2. The van der Waals surface area contributed by atoms with Crippen molar-refractivity contribution in [3.8, 4) is 11.4 Å². The lowest BCUT2D eigenvalue weighted by Gasteiger charge is -2.13. The Kier molecular flexibility index (Phi) is 5.58. The number of carbonyl (C=O) groups excluding carboxylic acids is 1. The minimum absolute atomic E-state index is 0.129. The van der Waals surface area contributed by atoms with Crippen molar-refractivity contribution in [2.75, 3.05) is 19.4 Å². The number of hydrogen-bond acceptors (Lipinski definition) is 5. The van der Waals surface area contributed by atoms with Crippen LogP contribution in [0.3, 0.4) is 0 Å². The van der Waals surface area contributed by atoms with Crippen LogP contribution in [0.4, 0.5) is 0 Å². The van der Waals surface area contributed by atoms with Gasteiger partial charge in [0.1, 0.15) is 5.75 Å². The Morgan fingerprint density at radius 2 is 1.92 bits per heavy atom. The van der Waals surface area contributed by atoms with Crippen LogP contribution in [0.1, 0.15) is 6.92 Å². The van der Waals surface area contributed by atoms with Crippen LogP contribution in [0.5, 0.6) is 5.75 Å². The molecule has 0 spiro atoms. The molecule has 2 aromatic carbocycles. The normalized spacial score (nSPS) is 10.7. The molecule has 0 unspecified atom stereocenters. The van der Waals surface area contributed by atoms with Gasteiger partial charge in [0.05, 0.1) is 29.0 Å².